The molecule has 0 aromatic carbocycles. The van der Waals surface area contributed by atoms with Crippen LogP contribution in [0.4, 0.5) is 0 Å². The highest BCUT2D eigenvalue weighted by atomic mass is 79.9. The Hall–Kier alpha value is -2.55. The maximum atomic E-state index is 11.8. The van der Waals surface area contributed by atoms with Crippen LogP contribution in [0, 0.1) is 0 Å². The second-order valence-corrected chi connectivity index (χ2v) is 4.78. The third-order valence-corrected chi connectivity index (χ3v) is 3.11. The molecular weight excluding hydrogens is 342 g/mol. The predicted octanol–water partition coefficient (Wildman–Crippen LogP) is 1.97. The third-order valence-electron chi connectivity index (χ3n) is 2.51. The van der Waals surface area contributed by atoms with Crippen molar-refractivity contribution in [1.82, 2.24) is 25.3 Å². The van der Waals surface area contributed by atoms with Crippen LogP contribution in [0.3, 0.4) is 0 Å². The Morgan fingerprint density at radius 1 is 1.43 bits per heavy atom. The summed E-state index contributed by atoms with van der Waals surface area (Å²) in [5.41, 5.74) is 0.942. The van der Waals surface area contributed by atoms with Crippen LogP contribution in [0.15, 0.2) is 39.7 Å². The van der Waals surface area contributed by atoms with Gasteiger partial charge in [0.05, 0.1) is 10.7 Å². The van der Waals surface area contributed by atoms with E-state index in [1.54, 1.807) is 24.5 Å². The van der Waals surface area contributed by atoms with E-state index < -0.39 is 5.97 Å². The standard InChI is InChI=1S/C12H8BrN5O3/c13-8-5-15-17-10(8)12(19)20-6-9-16-11(18-21-9)7-2-1-3-14-4-7/h1-5H,6H2,(H,15,17). The van der Waals surface area contributed by atoms with E-state index in [4.69, 9.17) is 9.26 Å². The number of carbonyl (C=O) groups excluding carboxylic acids is 1. The average Bonchev–Trinajstić information content (AvgIpc) is 3.15. The van der Waals surface area contributed by atoms with Gasteiger partial charge < -0.3 is 9.26 Å². The van der Waals surface area contributed by atoms with Gasteiger partial charge in [-0.15, -0.1) is 0 Å². The number of nitrogens with zero attached hydrogens (tertiary/aromatic N) is 4. The van der Waals surface area contributed by atoms with E-state index in [1.165, 1.54) is 6.20 Å². The molecule has 0 bridgehead atoms. The van der Waals surface area contributed by atoms with Crippen molar-refractivity contribution in [3.63, 3.8) is 0 Å². The van der Waals surface area contributed by atoms with E-state index >= 15 is 0 Å². The topological polar surface area (TPSA) is 107 Å². The number of aromatic nitrogens is 5. The van der Waals surface area contributed by atoms with Crippen molar-refractivity contribution in [1.29, 1.82) is 0 Å². The number of hydrogen-bond acceptors (Lipinski definition) is 7. The highest BCUT2D eigenvalue weighted by Gasteiger charge is 2.16. The zero-order valence-electron chi connectivity index (χ0n) is 10.5. The van der Waals surface area contributed by atoms with Gasteiger partial charge in [-0.05, 0) is 28.1 Å². The summed E-state index contributed by atoms with van der Waals surface area (Å²) >= 11 is 3.17. The molecule has 1 N–H and O–H groups in total. The first-order valence-electron chi connectivity index (χ1n) is 5.83. The SMILES string of the molecule is O=C(OCc1nc(-c2cccnc2)no1)c1[nH]ncc1Br. The molecule has 106 valence electrons. The number of hydrogen-bond donors (Lipinski definition) is 1. The summed E-state index contributed by atoms with van der Waals surface area (Å²) in [7, 11) is 0. The number of aromatic amines is 1. The Morgan fingerprint density at radius 2 is 2.33 bits per heavy atom. The van der Waals surface area contributed by atoms with Crippen LogP contribution >= 0.6 is 15.9 Å². The highest BCUT2D eigenvalue weighted by molar-refractivity contribution is 9.10. The number of carbonyl (C=O) groups is 1. The summed E-state index contributed by atoms with van der Waals surface area (Å²) in [6, 6.07) is 3.57. The molecule has 21 heavy (non-hydrogen) atoms. The fraction of sp³-hybridized carbons (Fsp3) is 0.0833. The minimum atomic E-state index is -0.569. The first-order valence-corrected chi connectivity index (χ1v) is 6.62. The molecule has 0 spiro atoms. The van der Waals surface area contributed by atoms with Crippen molar-refractivity contribution in [2.24, 2.45) is 0 Å². The molecule has 0 unspecified atom stereocenters. The van der Waals surface area contributed by atoms with Crippen molar-refractivity contribution in [3.8, 4) is 11.4 Å². The fourth-order valence-electron chi connectivity index (χ4n) is 1.54. The van der Waals surface area contributed by atoms with E-state index in [9.17, 15) is 4.79 Å². The van der Waals surface area contributed by atoms with Gasteiger partial charge in [-0.2, -0.15) is 10.1 Å². The summed E-state index contributed by atoms with van der Waals surface area (Å²) in [5, 5.41) is 10.0. The largest absolute Gasteiger partial charge is 0.451 e. The van der Waals surface area contributed by atoms with E-state index in [0.717, 1.165) is 5.56 Å². The van der Waals surface area contributed by atoms with Crippen molar-refractivity contribution in [2.75, 3.05) is 0 Å². The van der Waals surface area contributed by atoms with Crippen LogP contribution in [0.25, 0.3) is 11.4 Å². The monoisotopic (exact) mass is 349 g/mol. The van der Waals surface area contributed by atoms with Gasteiger partial charge in [0.15, 0.2) is 12.3 Å². The summed E-state index contributed by atoms with van der Waals surface area (Å²) < 4.78 is 10.6. The molecular formula is C12H8BrN5O3. The number of H-pyrrole nitrogens is 1. The molecule has 0 saturated heterocycles. The Labute approximate surface area is 126 Å². The molecule has 3 aromatic rings. The maximum absolute atomic E-state index is 11.8. The lowest BCUT2D eigenvalue weighted by molar-refractivity contribution is 0.0422. The van der Waals surface area contributed by atoms with Gasteiger partial charge in [0.1, 0.15) is 0 Å². The lowest BCUT2D eigenvalue weighted by Crippen LogP contribution is -2.06. The Kier molecular flexibility index (Phi) is 3.73. The molecule has 0 aliphatic carbocycles. The van der Waals surface area contributed by atoms with E-state index in [0.29, 0.717) is 10.3 Å². The zero-order chi connectivity index (χ0) is 14.7. The number of nitrogens with one attached hydrogen (secondary N) is 1. The van der Waals surface area contributed by atoms with Crippen LogP contribution in [0.5, 0.6) is 0 Å². The predicted molar refractivity (Wildman–Crippen MR) is 72.9 cm³/mol. The van der Waals surface area contributed by atoms with E-state index in [1.807, 2.05) is 0 Å². The number of pyridine rings is 1. The first kappa shape index (κ1) is 13.4. The minimum absolute atomic E-state index is 0.127. The molecule has 0 fully saturated rings. The molecule has 3 aromatic heterocycles. The summed E-state index contributed by atoms with van der Waals surface area (Å²) in [6.07, 6.45) is 4.72. The normalized spacial score (nSPS) is 10.5. The van der Waals surface area contributed by atoms with Gasteiger partial charge in [-0.1, -0.05) is 5.16 Å². The summed E-state index contributed by atoms with van der Waals surface area (Å²) in [4.78, 5) is 19.8. The minimum Gasteiger partial charge on any atom is -0.451 e. The molecule has 9 heteroatoms. The quantitative estimate of drug-likeness (QED) is 0.717. The molecule has 0 radical (unpaired) electrons. The Balaban J connectivity index is 1.66. The number of ether oxygens (including phenoxy) is 1. The van der Waals surface area contributed by atoms with Crippen LogP contribution in [-0.2, 0) is 11.3 Å². The fourth-order valence-corrected chi connectivity index (χ4v) is 1.89. The highest BCUT2D eigenvalue weighted by Crippen LogP contribution is 2.16. The number of rotatable bonds is 4. The van der Waals surface area contributed by atoms with Crippen LogP contribution < -0.4 is 0 Å². The van der Waals surface area contributed by atoms with Gasteiger partial charge in [0.25, 0.3) is 5.89 Å². The molecule has 3 heterocycles. The molecule has 0 saturated carbocycles. The maximum Gasteiger partial charge on any atom is 0.358 e. The van der Waals surface area contributed by atoms with Crippen molar-refractivity contribution in [3.05, 3.63) is 46.8 Å². The van der Waals surface area contributed by atoms with E-state index in [2.05, 4.69) is 41.3 Å². The smallest absolute Gasteiger partial charge is 0.358 e. The van der Waals surface area contributed by atoms with Gasteiger partial charge in [0, 0.05) is 18.0 Å². The van der Waals surface area contributed by atoms with Gasteiger partial charge >= 0.3 is 5.97 Å². The molecule has 0 aliphatic heterocycles. The molecule has 0 aliphatic rings. The number of halogens is 1. The third kappa shape index (κ3) is 2.97. The molecule has 3 rings (SSSR count). The zero-order valence-corrected chi connectivity index (χ0v) is 12.1. The van der Waals surface area contributed by atoms with Crippen LogP contribution in [0.2, 0.25) is 0 Å². The number of esters is 1. The molecule has 0 atom stereocenters. The lowest BCUT2D eigenvalue weighted by Gasteiger charge is -1.99. The van der Waals surface area contributed by atoms with Gasteiger partial charge in [-0.25, -0.2) is 4.79 Å². The van der Waals surface area contributed by atoms with Gasteiger partial charge in [0.2, 0.25) is 5.82 Å². The summed E-state index contributed by atoms with van der Waals surface area (Å²) in [5.74, 6) is 0.00946. The van der Waals surface area contributed by atoms with Gasteiger partial charge in [-0.3, -0.25) is 10.1 Å². The Bertz CT molecular complexity index is 755. The summed E-state index contributed by atoms with van der Waals surface area (Å²) in [6.45, 7) is -0.127. The molecule has 0 amide bonds. The molecule has 8 nitrogen and oxygen atoms in total. The van der Waals surface area contributed by atoms with Crippen LogP contribution in [0.1, 0.15) is 16.4 Å². The second-order valence-electron chi connectivity index (χ2n) is 3.92. The second kappa shape index (κ2) is 5.83. The van der Waals surface area contributed by atoms with Crippen molar-refractivity contribution in [2.45, 2.75) is 6.61 Å². The lowest BCUT2D eigenvalue weighted by atomic mass is 10.3. The van der Waals surface area contributed by atoms with Crippen LogP contribution in [-0.4, -0.2) is 31.3 Å². The Morgan fingerprint density at radius 3 is 3.05 bits per heavy atom. The first-order chi connectivity index (χ1) is 10.2. The van der Waals surface area contributed by atoms with E-state index in [-0.39, 0.29) is 18.2 Å². The van der Waals surface area contributed by atoms with Crippen molar-refractivity contribution >= 4 is 21.9 Å². The van der Waals surface area contributed by atoms with Crippen molar-refractivity contribution < 1.29 is 14.1 Å². The average molecular weight is 350 g/mol.